The summed E-state index contributed by atoms with van der Waals surface area (Å²) in [5.74, 6) is -0.976. The Morgan fingerprint density at radius 3 is 2.12 bits per heavy atom. The van der Waals surface area contributed by atoms with Crippen molar-refractivity contribution in [2.75, 3.05) is 24.9 Å². The van der Waals surface area contributed by atoms with Crippen molar-refractivity contribution in [3.8, 4) is 0 Å². The summed E-state index contributed by atoms with van der Waals surface area (Å²) in [6.07, 6.45) is 0. The van der Waals surface area contributed by atoms with Gasteiger partial charge >= 0.3 is 0 Å². The van der Waals surface area contributed by atoms with Crippen LogP contribution in [0.2, 0.25) is 10.0 Å². The van der Waals surface area contributed by atoms with E-state index in [1.807, 2.05) is 6.92 Å². The van der Waals surface area contributed by atoms with Crippen LogP contribution in [0.15, 0.2) is 71.6 Å². The Kier molecular flexibility index (Phi) is 7.47. The highest BCUT2D eigenvalue weighted by Gasteiger charge is 2.31. The van der Waals surface area contributed by atoms with E-state index in [4.69, 9.17) is 23.2 Å². The van der Waals surface area contributed by atoms with E-state index in [0.717, 1.165) is 9.87 Å². The number of ketones is 1. The smallest absolute Gasteiger partial charge is 0.264 e. The number of hydrogen-bond acceptors (Lipinski definition) is 4. The molecule has 3 aromatic carbocycles. The predicted octanol–water partition coefficient (Wildman–Crippen LogP) is 4.82. The zero-order chi connectivity index (χ0) is 24.3. The lowest BCUT2D eigenvalue weighted by Crippen LogP contribution is -2.41. The number of sulfonamides is 1. The molecule has 6 nitrogen and oxygen atoms in total. The molecule has 0 saturated carbocycles. The summed E-state index contributed by atoms with van der Waals surface area (Å²) in [5.41, 5.74) is 1.11. The molecule has 0 aliphatic carbocycles. The molecule has 0 aliphatic heterocycles. The maximum atomic E-state index is 13.7. The van der Waals surface area contributed by atoms with E-state index in [9.17, 15) is 18.0 Å². The number of likely N-dealkylation sites (N-methyl/N-ethyl adjacent to an activating group) is 1. The molecule has 33 heavy (non-hydrogen) atoms. The van der Waals surface area contributed by atoms with E-state index >= 15 is 0 Å². The van der Waals surface area contributed by atoms with Crippen molar-refractivity contribution in [3.63, 3.8) is 0 Å². The number of carbonyl (C=O) groups is 2. The molecule has 0 atom stereocenters. The number of halogens is 2. The third kappa shape index (κ3) is 5.38. The van der Waals surface area contributed by atoms with E-state index in [0.29, 0.717) is 0 Å². The SMILES string of the molecule is Cc1ccc(S(=O)(=O)N(CC(=O)N(C)C)c2ccc(Cl)cc2C(=O)c2ccccc2Cl)cc1. The number of rotatable bonds is 7. The van der Waals surface area contributed by atoms with Crippen LogP contribution in [0.5, 0.6) is 0 Å². The Morgan fingerprint density at radius 1 is 0.879 bits per heavy atom. The van der Waals surface area contributed by atoms with Gasteiger partial charge in [-0.25, -0.2) is 8.42 Å². The molecule has 172 valence electrons. The van der Waals surface area contributed by atoms with Gasteiger partial charge in [-0.05, 0) is 49.4 Å². The summed E-state index contributed by atoms with van der Waals surface area (Å²) in [7, 11) is -1.15. The fourth-order valence-corrected chi connectivity index (χ4v) is 4.93. The largest absolute Gasteiger partial charge is 0.347 e. The van der Waals surface area contributed by atoms with E-state index < -0.39 is 28.3 Å². The van der Waals surface area contributed by atoms with E-state index in [-0.39, 0.29) is 31.8 Å². The first kappa shape index (κ1) is 24.8. The second-order valence-corrected chi connectivity index (χ2v) is 10.3. The average molecular weight is 505 g/mol. The Hall–Kier alpha value is -2.87. The van der Waals surface area contributed by atoms with Gasteiger partial charge in [0.25, 0.3) is 10.0 Å². The van der Waals surface area contributed by atoms with Crippen LogP contribution in [0.4, 0.5) is 5.69 Å². The predicted molar refractivity (Wildman–Crippen MR) is 131 cm³/mol. The molecule has 0 N–H and O–H groups in total. The molecular weight excluding hydrogens is 483 g/mol. The van der Waals surface area contributed by atoms with E-state index in [1.165, 1.54) is 49.3 Å². The summed E-state index contributed by atoms with van der Waals surface area (Å²) in [5, 5.41) is 0.450. The Labute approximate surface area is 203 Å². The fourth-order valence-electron chi connectivity index (χ4n) is 3.10. The van der Waals surface area contributed by atoms with Crippen LogP contribution in [0.3, 0.4) is 0 Å². The highest BCUT2D eigenvalue weighted by Crippen LogP contribution is 2.32. The second-order valence-electron chi connectivity index (χ2n) is 7.58. The number of hydrogen-bond donors (Lipinski definition) is 0. The Bertz CT molecular complexity index is 1310. The average Bonchev–Trinajstić information content (AvgIpc) is 2.77. The molecule has 0 unspecified atom stereocenters. The fraction of sp³-hybridized carbons (Fsp3) is 0.167. The zero-order valence-corrected chi connectivity index (χ0v) is 20.6. The molecule has 0 aromatic heterocycles. The first-order chi connectivity index (χ1) is 15.5. The monoisotopic (exact) mass is 504 g/mol. The number of nitrogens with zero attached hydrogens (tertiary/aromatic N) is 2. The minimum absolute atomic E-state index is 0.00857. The summed E-state index contributed by atoms with van der Waals surface area (Å²) < 4.78 is 28.2. The van der Waals surface area contributed by atoms with Crippen LogP contribution in [0.25, 0.3) is 0 Å². The standard InChI is InChI=1S/C24H22Cl2N2O4S/c1-16-8-11-18(12-9-16)33(31,32)28(15-23(29)27(2)3)22-13-10-17(25)14-20(22)24(30)19-6-4-5-7-21(19)26/h4-14H,15H2,1-3H3. The molecule has 0 fully saturated rings. The lowest BCUT2D eigenvalue weighted by molar-refractivity contribution is -0.127. The van der Waals surface area contributed by atoms with E-state index in [1.54, 1.807) is 36.4 Å². The molecule has 1 amide bonds. The van der Waals surface area contributed by atoms with Crippen LogP contribution in [-0.4, -0.2) is 45.6 Å². The van der Waals surface area contributed by atoms with Crippen LogP contribution < -0.4 is 4.31 Å². The van der Waals surface area contributed by atoms with Gasteiger partial charge in [-0.3, -0.25) is 13.9 Å². The molecule has 0 heterocycles. The Balaban J connectivity index is 2.23. The van der Waals surface area contributed by atoms with Gasteiger partial charge in [0.05, 0.1) is 15.6 Å². The van der Waals surface area contributed by atoms with Crippen molar-refractivity contribution in [3.05, 3.63) is 93.5 Å². The van der Waals surface area contributed by atoms with Crippen molar-refractivity contribution in [2.24, 2.45) is 0 Å². The quantitative estimate of drug-likeness (QED) is 0.432. The topological polar surface area (TPSA) is 74.8 Å². The lowest BCUT2D eigenvalue weighted by atomic mass is 10.0. The van der Waals surface area contributed by atoms with Gasteiger partial charge in [0, 0.05) is 30.2 Å². The minimum Gasteiger partial charge on any atom is -0.347 e. The molecule has 0 bridgehead atoms. The molecule has 0 spiro atoms. The Morgan fingerprint density at radius 2 is 1.52 bits per heavy atom. The van der Waals surface area contributed by atoms with Gasteiger partial charge < -0.3 is 4.90 Å². The summed E-state index contributed by atoms with van der Waals surface area (Å²) >= 11 is 12.4. The van der Waals surface area contributed by atoms with Gasteiger partial charge in [-0.2, -0.15) is 0 Å². The number of aryl methyl sites for hydroxylation is 1. The van der Waals surface area contributed by atoms with Crippen LogP contribution >= 0.6 is 23.2 Å². The molecule has 0 saturated heterocycles. The maximum absolute atomic E-state index is 13.7. The maximum Gasteiger partial charge on any atom is 0.264 e. The van der Waals surface area contributed by atoms with Crippen molar-refractivity contribution in [1.82, 2.24) is 4.90 Å². The summed E-state index contributed by atoms with van der Waals surface area (Å²) in [6.45, 7) is 1.33. The zero-order valence-electron chi connectivity index (χ0n) is 18.2. The highest BCUT2D eigenvalue weighted by molar-refractivity contribution is 7.92. The van der Waals surface area contributed by atoms with Gasteiger partial charge in [-0.1, -0.05) is 53.0 Å². The van der Waals surface area contributed by atoms with Crippen molar-refractivity contribution in [1.29, 1.82) is 0 Å². The first-order valence-corrected chi connectivity index (χ1v) is 12.1. The van der Waals surface area contributed by atoms with Crippen LogP contribution in [-0.2, 0) is 14.8 Å². The van der Waals surface area contributed by atoms with Gasteiger partial charge in [0.15, 0.2) is 5.78 Å². The minimum atomic E-state index is -4.20. The van der Waals surface area contributed by atoms with Crippen molar-refractivity contribution >= 4 is 50.6 Å². The third-order valence-corrected chi connectivity index (χ3v) is 7.32. The normalized spacial score (nSPS) is 11.2. The molecular formula is C24H22Cl2N2O4S. The summed E-state index contributed by atoms with van der Waals surface area (Å²) in [6, 6.07) is 17.0. The molecule has 3 aromatic rings. The van der Waals surface area contributed by atoms with E-state index in [2.05, 4.69) is 0 Å². The first-order valence-electron chi connectivity index (χ1n) is 9.90. The van der Waals surface area contributed by atoms with Gasteiger partial charge in [0.1, 0.15) is 6.54 Å². The number of anilines is 1. The van der Waals surface area contributed by atoms with Crippen molar-refractivity contribution < 1.29 is 18.0 Å². The third-order valence-electron chi connectivity index (χ3n) is 4.98. The molecule has 9 heteroatoms. The molecule has 0 aliphatic rings. The number of benzene rings is 3. The number of carbonyl (C=O) groups excluding carboxylic acids is 2. The van der Waals surface area contributed by atoms with Crippen molar-refractivity contribution in [2.45, 2.75) is 11.8 Å². The molecule has 3 rings (SSSR count). The lowest BCUT2D eigenvalue weighted by Gasteiger charge is -2.27. The molecule has 0 radical (unpaired) electrons. The van der Waals surface area contributed by atoms with Gasteiger partial charge in [0.2, 0.25) is 5.91 Å². The summed E-state index contributed by atoms with van der Waals surface area (Å²) in [4.78, 5) is 27.3. The second kappa shape index (κ2) is 9.95. The van der Waals surface area contributed by atoms with Crippen LogP contribution in [0.1, 0.15) is 21.5 Å². The van der Waals surface area contributed by atoms with Gasteiger partial charge in [-0.15, -0.1) is 0 Å². The number of amides is 1. The van der Waals surface area contributed by atoms with Crippen LogP contribution in [0, 0.1) is 6.92 Å². The highest BCUT2D eigenvalue weighted by atomic mass is 35.5.